The van der Waals surface area contributed by atoms with Gasteiger partial charge >= 0.3 is 5.97 Å². The molecule has 0 aromatic carbocycles. The van der Waals surface area contributed by atoms with Crippen LogP contribution < -0.4 is 0 Å². The van der Waals surface area contributed by atoms with Crippen LogP contribution in [0.3, 0.4) is 0 Å². The van der Waals surface area contributed by atoms with E-state index in [9.17, 15) is 23.1 Å². The summed E-state index contributed by atoms with van der Waals surface area (Å²) in [6.45, 7) is 6.19. The normalized spacial score (nSPS) is 32.6. The van der Waals surface area contributed by atoms with Gasteiger partial charge in [0.2, 0.25) is 5.91 Å². The van der Waals surface area contributed by atoms with Crippen molar-refractivity contribution in [3.63, 3.8) is 0 Å². The number of amides is 1. The third-order valence-corrected chi connectivity index (χ3v) is 7.05. The molecule has 7 nitrogen and oxygen atoms in total. The van der Waals surface area contributed by atoms with E-state index in [-0.39, 0.29) is 25.0 Å². The van der Waals surface area contributed by atoms with E-state index >= 15 is 0 Å². The van der Waals surface area contributed by atoms with Crippen LogP contribution in [0.5, 0.6) is 0 Å². The first-order chi connectivity index (χ1) is 11.6. The number of hydrogen-bond donors (Lipinski definition) is 1. The number of carbonyl (C=O) groups excluding carboxylic acids is 1. The van der Waals surface area contributed by atoms with Gasteiger partial charge in [0, 0.05) is 6.54 Å². The zero-order chi connectivity index (χ0) is 18.8. The van der Waals surface area contributed by atoms with Crippen molar-refractivity contribution in [2.75, 3.05) is 24.7 Å². The number of nitrogens with zero attached hydrogens (tertiary/aromatic N) is 1. The average Bonchev–Trinajstić information content (AvgIpc) is 2.51. The molecule has 0 aromatic rings. The lowest BCUT2D eigenvalue weighted by Crippen LogP contribution is -2.56. The molecule has 0 radical (unpaired) electrons. The van der Waals surface area contributed by atoms with Crippen molar-refractivity contribution < 1.29 is 27.9 Å². The molecule has 2 fully saturated rings. The number of rotatable bonds is 5. The van der Waals surface area contributed by atoms with E-state index in [0.29, 0.717) is 17.8 Å². The van der Waals surface area contributed by atoms with Crippen LogP contribution in [-0.2, 0) is 24.2 Å². The standard InChI is InChI=1S/C17H29NO6S/c1-11(2)13-5-4-12(3)8-15(13)24-9-16(19)18-6-7-25(22,23)10-14(18)17(20)21/h11-15H,4-10H2,1-3H3,(H,20,21). The quantitative estimate of drug-likeness (QED) is 0.774. The highest BCUT2D eigenvalue weighted by molar-refractivity contribution is 7.91. The summed E-state index contributed by atoms with van der Waals surface area (Å²) in [5.41, 5.74) is 0. The molecule has 1 heterocycles. The maximum absolute atomic E-state index is 12.5. The molecule has 1 amide bonds. The molecule has 1 saturated carbocycles. The van der Waals surface area contributed by atoms with Crippen molar-refractivity contribution in [3.05, 3.63) is 0 Å². The summed E-state index contributed by atoms with van der Waals surface area (Å²) < 4.78 is 29.2. The number of ether oxygens (including phenoxy) is 1. The van der Waals surface area contributed by atoms with Crippen molar-refractivity contribution in [1.82, 2.24) is 4.90 Å². The van der Waals surface area contributed by atoms with Crippen LogP contribution in [0, 0.1) is 17.8 Å². The van der Waals surface area contributed by atoms with Crippen molar-refractivity contribution in [1.29, 1.82) is 0 Å². The van der Waals surface area contributed by atoms with E-state index in [1.54, 1.807) is 0 Å². The number of hydrogen-bond acceptors (Lipinski definition) is 5. The van der Waals surface area contributed by atoms with Crippen LogP contribution in [-0.4, -0.2) is 67.1 Å². The minimum atomic E-state index is -3.42. The third-order valence-electron chi connectivity index (χ3n) is 5.42. The minimum Gasteiger partial charge on any atom is -0.480 e. The van der Waals surface area contributed by atoms with Gasteiger partial charge in [-0.1, -0.05) is 27.2 Å². The Bertz CT molecular complexity index is 602. The largest absolute Gasteiger partial charge is 0.480 e. The lowest BCUT2D eigenvalue weighted by Gasteiger charge is -2.38. The van der Waals surface area contributed by atoms with Crippen LogP contribution >= 0.6 is 0 Å². The molecule has 2 aliphatic rings. The van der Waals surface area contributed by atoms with Gasteiger partial charge < -0.3 is 14.7 Å². The first kappa shape index (κ1) is 20.2. The van der Waals surface area contributed by atoms with E-state index in [0.717, 1.165) is 24.2 Å². The maximum atomic E-state index is 12.5. The van der Waals surface area contributed by atoms with Crippen LogP contribution in [0.15, 0.2) is 0 Å². The van der Waals surface area contributed by atoms with Gasteiger partial charge in [-0.2, -0.15) is 0 Å². The number of carboxylic acid groups (broad SMARTS) is 1. The Labute approximate surface area is 149 Å². The van der Waals surface area contributed by atoms with Gasteiger partial charge in [-0.05, 0) is 30.6 Å². The van der Waals surface area contributed by atoms with E-state index in [4.69, 9.17) is 4.74 Å². The van der Waals surface area contributed by atoms with E-state index in [2.05, 4.69) is 20.8 Å². The first-order valence-electron chi connectivity index (χ1n) is 8.95. The minimum absolute atomic E-state index is 0.00972. The molecule has 144 valence electrons. The number of carbonyl (C=O) groups is 2. The molecule has 25 heavy (non-hydrogen) atoms. The van der Waals surface area contributed by atoms with Crippen LogP contribution in [0.2, 0.25) is 0 Å². The van der Waals surface area contributed by atoms with Gasteiger partial charge in [-0.25, -0.2) is 13.2 Å². The predicted octanol–water partition coefficient (Wildman–Crippen LogP) is 1.17. The van der Waals surface area contributed by atoms with Crippen LogP contribution in [0.25, 0.3) is 0 Å². The fraction of sp³-hybridized carbons (Fsp3) is 0.882. The molecular formula is C17H29NO6S. The van der Waals surface area contributed by atoms with Gasteiger partial charge in [0.1, 0.15) is 12.6 Å². The molecule has 8 heteroatoms. The fourth-order valence-corrected chi connectivity index (χ4v) is 5.32. The van der Waals surface area contributed by atoms with Gasteiger partial charge in [-0.3, -0.25) is 4.79 Å². The number of aliphatic carboxylic acids is 1. The fourth-order valence-electron chi connectivity index (χ4n) is 3.88. The molecular weight excluding hydrogens is 346 g/mol. The second-order valence-corrected chi connectivity index (χ2v) is 9.96. The SMILES string of the molecule is CC1CCC(C(C)C)C(OCC(=O)N2CCS(=O)(=O)CC2C(=O)O)C1. The highest BCUT2D eigenvalue weighted by Gasteiger charge is 2.39. The molecule has 4 atom stereocenters. The molecule has 0 spiro atoms. The van der Waals surface area contributed by atoms with Gasteiger partial charge in [0.25, 0.3) is 0 Å². The second-order valence-electron chi connectivity index (χ2n) is 7.73. The van der Waals surface area contributed by atoms with E-state index < -0.39 is 33.5 Å². The van der Waals surface area contributed by atoms with Crippen molar-refractivity contribution in [2.24, 2.45) is 17.8 Å². The van der Waals surface area contributed by atoms with Crippen molar-refractivity contribution in [3.8, 4) is 0 Å². The summed E-state index contributed by atoms with van der Waals surface area (Å²) in [7, 11) is -3.42. The van der Waals surface area contributed by atoms with Gasteiger partial charge in [-0.15, -0.1) is 0 Å². The van der Waals surface area contributed by atoms with E-state index in [1.165, 1.54) is 0 Å². The topological polar surface area (TPSA) is 101 Å². The van der Waals surface area contributed by atoms with Crippen molar-refractivity contribution >= 4 is 21.7 Å². The molecule has 1 N–H and O–H groups in total. The summed E-state index contributed by atoms with van der Waals surface area (Å²) in [6, 6.07) is -1.32. The van der Waals surface area contributed by atoms with Gasteiger partial charge in [0.15, 0.2) is 9.84 Å². The first-order valence-corrected chi connectivity index (χ1v) is 10.8. The highest BCUT2D eigenvalue weighted by Crippen LogP contribution is 2.35. The maximum Gasteiger partial charge on any atom is 0.327 e. The summed E-state index contributed by atoms with van der Waals surface area (Å²) in [5, 5.41) is 9.26. The summed E-state index contributed by atoms with van der Waals surface area (Å²) in [5.74, 6) is -1.06. The monoisotopic (exact) mass is 375 g/mol. The molecule has 1 aliphatic heterocycles. The Hall–Kier alpha value is -1.15. The Morgan fingerprint density at radius 2 is 1.96 bits per heavy atom. The zero-order valence-corrected chi connectivity index (χ0v) is 16.0. The smallest absolute Gasteiger partial charge is 0.327 e. The molecule has 0 bridgehead atoms. The van der Waals surface area contributed by atoms with Crippen molar-refractivity contribution in [2.45, 2.75) is 52.2 Å². The molecule has 2 rings (SSSR count). The summed E-state index contributed by atoms with van der Waals surface area (Å²) >= 11 is 0. The molecule has 0 aromatic heterocycles. The summed E-state index contributed by atoms with van der Waals surface area (Å²) in [4.78, 5) is 25.0. The number of carboxylic acids is 1. The third kappa shape index (κ3) is 5.17. The van der Waals surface area contributed by atoms with Gasteiger partial charge in [0.05, 0.1) is 17.6 Å². The summed E-state index contributed by atoms with van der Waals surface area (Å²) in [6.07, 6.45) is 3.11. The molecule has 4 unspecified atom stereocenters. The highest BCUT2D eigenvalue weighted by atomic mass is 32.2. The Morgan fingerprint density at radius 1 is 1.28 bits per heavy atom. The Kier molecular flexibility index (Phi) is 6.48. The second kappa shape index (κ2) is 8.03. The Morgan fingerprint density at radius 3 is 2.56 bits per heavy atom. The van der Waals surface area contributed by atoms with E-state index in [1.807, 2.05) is 0 Å². The van der Waals surface area contributed by atoms with Crippen LogP contribution in [0.4, 0.5) is 0 Å². The molecule has 1 aliphatic carbocycles. The van der Waals surface area contributed by atoms with Crippen LogP contribution in [0.1, 0.15) is 40.0 Å². The predicted molar refractivity (Wildman–Crippen MR) is 92.9 cm³/mol. The average molecular weight is 375 g/mol. The Balaban J connectivity index is 1.99. The zero-order valence-electron chi connectivity index (χ0n) is 15.2. The molecule has 1 saturated heterocycles. The lowest BCUT2D eigenvalue weighted by molar-refractivity contribution is -0.153. The lowest BCUT2D eigenvalue weighted by atomic mass is 9.75. The number of sulfone groups is 1.